The summed E-state index contributed by atoms with van der Waals surface area (Å²) in [5.74, 6) is 0.969. The number of benzene rings is 4. The van der Waals surface area contributed by atoms with Crippen LogP contribution in [0.3, 0.4) is 0 Å². The first-order chi connectivity index (χ1) is 30.0. The van der Waals surface area contributed by atoms with Crippen molar-refractivity contribution in [2.24, 2.45) is 5.92 Å². The van der Waals surface area contributed by atoms with E-state index in [4.69, 9.17) is 19.4 Å². The summed E-state index contributed by atoms with van der Waals surface area (Å²) in [6.07, 6.45) is 5.45. The Hall–Kier alpha value is -6.96. The standard InChI is InChI=1S/C48H52N8O6/c1-28(2)42(54-48(60)62-5)46(58)55-23-9-12-40(55)43-49-27-38(53-43)36-20-19-34-24-33(17-18-35(34)25-36)30-13-15-31(16-14-30)37-26-50-44(52-37)41-22-21-39(32-10-7-6-8-11-32)56(41)45(57)29(3)51-47(59)61-4/h6-8,10-11,13-20,24-29,39-42H,9,12,21-23H2,1-5H3,(H,49,53)(H,50,52)(H,51,59)(H,54,60)/t29-,39+,40-,41-,42?/m0/s1. The average molecular weight is 837 g/mol. The van der Waals surface area contributed by atoms with E-state index in [1.807, 2.05) is 66.4 Å². The van der Waals surface area contributed by atoms with Crippen molar-refractivity contribution in [2.75, 3.05) is 20.8 Å². The molecule has 4 amide bonds. The molecule has 0 spiro atoms. The van der Waals surface area contributed by atoms with Crippen molar-refractivity contribution < 1.29 is 28.7 Å². The Morgan fingerprint density at radius 3 is 1.87 bits per heavy atom. The number of nitrogens with one attached hydrogen (secondary N) is 4. The zero-order chi connectivity index (χ0) is 43.5. The molecular weight excluding hydrogens is 785 g/mol. The van der Waals surface area contributed by atoms with Crippen LogP contribution in [-0.2, 0) is 19.1 Å². The maximum Gasteiger partial charge on any atom is 0.407 e. The smallest absolute Gasteiger partial charge is 0.407 e. The number of carbonyl (C=O) groups is 4. The van der Waals surface area contributed by atoms with Gasteiger partial charge in [0, 0.05) is 12.1 Å². The van der Waals surface area contributed by atoms with Crippen molar-refractivity contribution in [3.05, 3.63) is 121 Å². The molecule has 0 radical (unpaired) electrons. The van der Waals surface area contributed by atoms with Gasteiger partial charge in [0.2, 0.25) is 11.8 Å². The number of aromatic amines is 2. The molecule has 2 aromatic heterocycles. The number of amides is 4. The van der Waals surface area contributed by atoms with E-state index in [0.717, 1.165) is 75.1 Å². The zero-order valence-corrected chi connectivity index (χ0v) is 35.6. The Kier molecular flexibility index (Phi) is 12.1. The SMILES string of the molecule is COC(=O)NC(C(=O)N1CCC[C@H]1c1ncc(-c2ccc3cc(-c4ccc(-c5cnc([C@@H]6CC[C@H](c7ccccc7)N6C(=O)[C@H](C)NC(=O)OC)[nH]5)cc4)ccc3c2)[nH]1)C(C)C. The number of alkyl carbamates (subject to hydrolysis) is 2. The topological polar surface area (TPSA) is 175 Å². The Labute approximate surface area is 360 Å². The van der Waals surface area contributed by atoms with Gasteiger partial charge in [-0.25, -0.2) is 19.6 Å². The van der Waals surface area contributed by atoms with Crippen LogP contribution in [-0.4, -0.2) is 86.6 Å². The third-order valence-electron chi connectivity index (χ3n) is 12.1. The lowest BCUT2D eigenvalue weighted by Crippen LogP contribution is -2.51. The van der Waals surface area contributed by atoms with Gasteiger partial charge in [-0.3, -0.25) is 9.59 Å². The van der Waals surface area contributed by atoms with E-state index < -0.39 is 24.3 Å². The number of aromatic nitrogens is 4. The van der Waals surface area contributed by atoms with Crippen LogP contribution in [0, 0.1) is 5.92 Å². The Morgan fingerprint density at radius 2 is 1.21 bits per heavy atom. The summed E-state index contributed by atoms with van der Waals surface area (Å²) in [6, 6.07) is 28.9. The first-order valence-corrected chi connectivity index (χ1v) is 21.1. The number of hydrogen-bond donors (Lipinski definition) is 4. The summed E-state index contributed by atoms with van der Waals surface area (Å²) < 4.78 is 9.54. The largest absolute Gasteiger partial charge is 0.453 e. The number of carbonyl (C=O) groups excluding carboxylic acids is 4. The van der Waals surface area contributed by atoms with Gasteiger partial charge in [0.15, 0.2) is 0 Å². The second-order valence-electron chi connectivity index (χ2n) is 16.4. The van der Waals surface area contributed by atoms with Crippen LogP contribution < -0.4 is 10.6 Å². The van der Waals surface area contributed by atoms with Gasteiger partial charge in [-0.05, 0) is 83.7 Å². The monoisotopic (exact) mass is 836 g/mol. The molecule has 2 fully saturated rings. The summed E-state index contributed by atoms with van der Waals surface area (Å²) in [7, 11) is 2.57. The molecule has 0 saturated carbocycles. The molecule has 2 aliphatic rings. The summed E-state index contributed by atoms with van der Waals surface area (Å²) in [5.41, 5.74) is 6.86. The maximum absolute atomic E-state index is 13.9. The third kappa shape index (κ3) is 8.49. The van der Waals surface area contributed by atoms with Gasteiger partial charge in [-0.2, -0.15) is 0 Å². The number of hydrogen-bond acceptors (Lipinski definition) is 8. The van der Waals surface area contributed by atoms with Crippen molar-refractivity contribution in [3.8, 4) is 33.6 Å². The number of nitrogens with zero attached hydrogens (tertiary/aromatic N) is 4. The predicted octanol–water partition coefficient (Wildman–Crippen LogP) is 8.48. The Morgan fingerprint density at radius 1 is 0.645 bits per heavy atom. The molecule has 6 aromatic rings. The molecule has 2 aliphatic heterocycles. The molecule has 1 unspecified atom stereocenters. The van der Waals surface area contributed by atoms with Crippen LogP contribution in [0.25, 0.3) is 44.4 Å². The van der Waals surface area contributed by atoms with E-state index in [1.54, 1.807) is 6.92 Å². The molecule has 5 atom stereocenters. The molecule has 4 aromatic carbocycles. The van der Waals surface area contributed by atoms with E-state index in [-0.39, 0.29) is 35.9 Å². The number of fused-ring (bicyclic) bond motifs is 1. The van der Waals surface area contributed by atoms with Crippen molar-refractivity contribution in [1.82, 2.24) is 40.4 Å². The van der Waals surface area contributed by atoms with Gasteiger partial charge >= 0.3 is 12.2 Å². The molecule has 14 nitrogen and oxygen atoms in total. The highest BCUT2D eigenvalue weighted by molar-refractivity contribution is 5.91. The zero-order valence-electron chi connectivity index (χ0n) is 35.6. The quantitative estimate of drug-likeness (QED) is 0.101. The number of ether oxygens (including phenoxy) is 2. The Balaban J connectivity index is 0.961. The summed E-state index contributed by atoms with van der Waals surface area (Å²) in [4.78, 5) is 71.6. The van der Waals surface area contributed by atoms with E-state index in [9.17, 15) is 19.2 Å². The fourth-order valence-electron chi connectivity index (χ4n) is 8.84. The van der Waals surface area contributed by atoms with Gasteiger partial charge in [-0.1, -0.05) is 92.7 Å². The molecule has 8 rings (SSSR count). The van der Waals surface area contributed by atoms with Gasteiger partial charge in [0.1, 0.15) is 23.7 Å². The molecule has 0 bridgehead atoms. The highest BCUT2D eigenvalue weighted by atomic mass is 16.5. The maximum atomic E-state index is 13.9. The second kappa shape index (κ2) is 17.9. The minimum absolute atomic E-state index is 0.109. The lowest BCUT2D eigenvalue weighted by molar-refractivity contribution is -0.136. The normalized spacial score (nSPS) is 18.5. The average Bonchev–Trinajstić information content (AvgIpc) is 4.14. The molecule has 4 N–H and O–H groups in total. The van der Waals surface area contributed by atoms with Crippen molar-refractivity contribution in [3.63, 3.8) is 0 Å². The molecule has 0 aliphatic carbocycles. The Bertz CT molecular complexity index is 2570. The van der Waals surface area contributed by atoms with Crippen LogP contribution in [0.4, 0.5) is 9.59 Å². The van der Waals surface area contributed by atoms with Crippen molar-refractivity contribution >= 4 is 34.8 Å². The number of rotatable bonds is 11. The summed E-state index contributed by atoms with van der Waals surface area (Å²) in [5, 5.41) is 7.52. The van der Waals surface area contributed by atoms with E-state index >= 15 is 0 Å². The molecule has 320 valence electrons. The number of imidazole rings is 2. The number of likely N-dealkylation sites (tertiary alicyclic amines) is 2. The van der Waals surface area contributed by atoms with E-state index in [2.05, 4.69) is 81.3 Å². The van der Waals surface area contributed by atoms with Crippen LogP contribution in [0.2, 0.25) is 0 Å². The molecule has 14 heteroatoms. The molecule has 2 saturated heterocycles. The molecule has 4 heterocycles. The van der Waals surface area contributed by atoms with Crippen LogP contribution in [0.1, 0.15) is 81.8 Å². The number of methoxy groups -OCH3 is 2. The van der Waals surface area contributed by atoms with Crippen LogP contribution >= 0.6 is 0 Å². The molecular formula is C48H52N8O6. The lowest BCUT2D eigenvalue weighted by Gasteiger charge is -2.32. The first-order valence-electron chi connectivity index (χ1n) is 21.1. The lowest BCUT2D eigenvalue weighted by atomic mass is 9.98. The van der Waals surface area contributed by atoms with Crippen molar-refractivity contribution in [1.29, 1.82) is 0 Å². The van der Waals surface area contributed by atoms with E-state index in [1.165, 1.54) is 14.2 Å². The summed E-state index contributed by atoms with van der Waals surface area (Å²) >= 11 is 0. The predicted molar refractivity (Wildman–Crippen MR) is 235 cm³/mol. The summed E-state index contributed by atoms with van der Waals surface area (Å²) in [6.45, 7) is 6.07. The van der Waals surface area contributed by atoms with Crippen LogP contribution in [0.15, 0.2) is 103 Å². The highest BCUT2D eigenvalue weighted by Gasteiger charge is 2.42. The fourth-order valence-corrected chi connectivity index (χ4v) is 8.84. The van der Waals surface area contributed by atoms with Gasteiger partial charge in [0.25, 0.3) is 0 Å². The van der Waals surface area contributed by atoms with Crippen LogP contribution in [0.5, 0.6) is 0 Å². The number of H-pyrrole nitrogens is 2. The van der Waals surface area contributed by atoms with Crippen molar-refractivity contribution in [2.45, 2.75) is 76.7 Å². The minimum Gasteiger partial charge on any atom is -0.453 e. The first kappa shape index (κ1) is 41.8. The second-order valence-corrected chi connectivity index (χ2v) is 16.4. The minimum atomic E-state index is -0.783. The van der Waals surface area contributed by atoms with E-state index in [0.29, 0.717) is 18.8 Å². The fraction of sp³-hybridized carbons (Fsp3) is 0.333. The van der Waals surface area contributed by atoms with Gasteiger partial charge in [-0.15, -0.1) is 0 Å². The van der Waals surface area contributed by atoms with Gasteiger partial charge in [0.05, 0.1) is 56.1 Å². The molecule has 62 heavy (non-hydrogen) atoms. The third-order valence-corrected chi connectivity index (χ3v) is 12.1. The highest BCUT2D eigenvalue weighted by Crippen LogP contribution is 2.44. The van der Waals surface area contributed by atoms with Gasteiger partial charge < -0.3 is 39.9 Å².